The van der Waals surface area contributed by atoms with Crippen molar-refractivity contribution in [2.24, 2.45) is 0 Å². The van der Waals surface area contributed by atoms with Crippen LogP contribution in [0.2, 0.25) is 0 Å². The second-order valence-corrected chi connectivity index (χ2v) is 6.13. The number of carbonyl (C=O) groups is 2. The van der Waals surface area contributed by atoms with Gasteiger partial charge in [0.2, 0.25) is 0 Å². The first-order valence-corrected chi connectivity index (χ1v) is 7.13. The molecule has 1 heterocycles. The highest BCUT2D eigenvalue weighted by atomic mass is 19.4. The number of hydrogen-bond donors (Lipinski definition) is 2. The van der Waals surface area contributed by atoms with E-state index in [-0.39, 0.29) is 12.8 Å². The Morgan fingerprint density at radius 2 is 1.92 bits per heavy atom. The number of hydrogen-bond acceptors (Lipinski definition) is 4. The van der Waals surface area contributed by atoms with E-state index in [1.54, 1.807) is 20.8 Å². The number of carboxylic acid groups (broad SMARTS) is 1. The molecule has 1 rings (SSSR count). The molecule has 0 aliphatic rings. The van der Waals surface area contributed by atoms with Crippen molar-refractivity contribution in [3.63, 3.8) is 0 Å². The van der Waals surface area contributed by atoms with Crippen LogP contribution in [0.5, 0.6) is 0 Å². The Balaban J connectivity index is 2.64. The normalized spacial score (nSPS) is 13.2. The van der Waals surface area contributed by atoms with Gasteiger partial charge in [-0.05, 0) is 45.2 Å². The zero-order valence-electron chi connectivity index (χ0n) is 13.5. The third-order valence-corrected chi connectivity index (χ3v) is 2.83. The lowest BCUT2D eigenvalue weighted by molar-refractivity contribution is -0.141. The first-order chi connectivity index (χ1) is 10.9. The van der Waals surface area contributed by atoms with Crippen molar-refractivity contribution in [1.82, 2.24) is 10.3 Å². The fourth-order valence-electron chi connectivity index (χ4n) is 1.76. The average molecular weight is 348 g/mol. The summed E-state index contributed by atoms with van der Waals surface area (Å²) in [5.74, 6) is -1.26. The Morgan fingerprint density at radius 1 is 1.29 bits per heavy atom. The lowest BCUT2D eigenvalue weighted by Gasteiger charge is -2.22. The standard InChI is InChI=1S/C15H19F3N2O4/c1-14(2,3)24-13(23)20-10(12(21)22)6-4-9-5-7-11(19-8-9)15(16,17)18/h5,7-8,10H,4,6H2,1-3H3,(H,20,23)(H,21,22)/t10-/m1/s1. The van der Waals surface area contributed by atoms with E-state index in [9.17, 15) is 22.8 Å². The number of amides is 1. The summed E-state index contributed by atoms with van der Waals surface area (Å²) >= 11 is 0. The van der Waals surface area contributed by atoms with Crippen molar-refractivity contribution in [1.29, 1.82) is 0 Å². The van der Waals surface area contributed by atoms with E-state index in [4.69, 9.17) is 9.84 Å². The van der Waals surface area contributed by atoms with Gasteiger partial charge in [-0.25, -0.2) is 9.59 Å². The van der Waals surface area contributed by atoms with E-state index in [2.05, 4.69) is 10.3 Å². The molecule has 0 bridgehead atoms. The van der Waals surface area contributed by atoms with Gasteiger partial charge >= 0.3 is 18.2 Å². The summed E-state index contributed by atoms with van der Waals surface area (Å²) in [6.07, 6.45) is -4.24. The largest absolute Gasteiger partial charge is 0.480 e. The quantitative estimate of drug-likeness (QED) is 0.854. The Hall–Kier alpha value is -2.32. The maximum atomic E-state index is 12.4. The second-order valence-electron chi connectivity index (χ2n) is 6.13. The zero-order chi connectivity index (χ0) is 18.5. The monoisotopic (exact) mass is 348 g/mol. The highest BCUT2D eigenvalue weighted by molar-refractivity contribution is 5.80. The van der Waals surface area contributed by atoms with Crippen LogP contribution in [-0.4, -0.2) is 33.8 Å². The van der Waals surface area contributed by atoms with Crippen molar-refractivity contribution in [3.8, 4) is 0 Å². The van der Waals surface area contributed by atoms with E-state index in [1.165, 1.54) is 6.07 Å². The average Bonchev–Trinajstić information content (AvgIpc) is 2.40. The molecule has 0 aromatic carbocycles. The number of carbonyl (C=O) groups excluding carboxylic acids is 1. The van der Waals surface area contributed by atoms with Crippen LogP contribution in [0.3, 0.4) is 0 Å². The van der Waals surface area contributed by atoms with Crippen LogP contribution in [0, 0.1) is 0 Å². The van der Waals surface area contributed by atoms with Crippen LogP contribution < -0.4 is 5.32 Å². The molecule has 0 fully saturated rings. The van der Waals surface area contributed by atoms with Crippen molar-refractivity contribution < 1.29 is 32.6 Å². The number of rotatable bonds is 5. The minimum Gasteiger partial charge on any atom is -0.480 e. The van der Waals surface area contributed by atoms with E-state index in [0.29, 0.717) is 5.56 Å². The van der Waals surface area contributed by atoms with Crippen LogP contribution in [0.25, 0.3) is 0 Å². The number of nitrogens with one attached hydrogen (secondary N) is 1. The minimum atomic E-state index is -4.53. The van der Waals surface area contributed by atoms with Gasteiger partial charge in [-0.3, -0.25) is 4.98 Å². The van der Waals surface area contributed by atoms with Gasteiger partial charge < -0.3 is 15.2 Å². The van der Waals surface area contributed by atoms with Crippen molar-refractivity contribution in [2.75, 3.05) is 0 Å². The predicted octanol–water partition coefficient (Wildman–Crippen LogP) is 3.01. The van der Waals surface area contributed by atoms with Crippen LogP contribution >= 0.6 is 0 Å². The van der Waals surface area contributed by atoms with Crippen molar-refractivity contribution in [2.45, 2.75) is 51.4 Å². The SMILES string of the molecule is CC(C)(C)OC(=O)N[C@H](CCc1ccc(C(F)(F)F)nc1)C(=O)O. The van der Waals surface area contributed by atoms with E-state index >= 15 is 0 Å². The topological polar surface area (TPSA) is 88.5 Å². The maximum absolute atomic E-state index is 12.4. The number of carboxylic acids is 1. The number of alkyl halides is 3. The molecule has 1 aromatic heterocycles. The predicted molar refractivity (Wildman–Crippen MR) is 78.4 cm³/mol. The number of aromatic nitrogens is 1. The lowest BCUT2D eigenvalue weighted by atomic mass is 10.1. The van der Waals surface area contributed by atoms with E-state index in [1.807, 2.05) is 0 Å². The summed E-state index contributed by atoms with van der Waals surface area (Å²) in [5, 5.41) is 11.3. The molecule has 9 heteroatoms. The van der Waals surface area contributed by atoms with Gasteiger partial charge in [-0.2, -0.15) is 13.2 Å². The molecule has 0 aliphatic carbocycles. The van der Waals surface area contributed by atoms with Gasteiger partial charge in [-0.1, -0.05) is 6.07 Å². The Morgan fingerprint density at radius 3 is 2.33 bits per heavy atom. The second kappa shape index (κ2) is 7.50. The molecule has 0 radical (unpaired) electrons. The maximum Gasteiger partial charge on any atom is 0.433 e. The van der Waals surface area contributed by atoms with Gasteiger partial charge in [0.15, 0.2) is 0 Å². The fourth-order valence-corrected chi connectivity index (χ4v) is 1.76. The zero-order valence-corrected chi connectivity index (χ0v) is 13.5. The molecule has 134 valence electrons. The smallest absolute Gasteiger partial charge is 0.433 e. The number of alkyl carbamates (subject to hydrolysis) is 1. The molecule has 0 aliphatic heterocycles. The summed E-state index contributed by atoms with van der Waals surface area (Å²) in [6, 6.07) is 0.830. The third-order valence-electron chi connectivity index (χ3n) is 2.83. The molecule has 6 nitrogen and oxygen atoms in total. The van der Waals surface area contributed by atoms with Crippen LogP contribution in [-0.2, 0) is 22.1 Å². The van der Waals surface area contributed by atoms with Gasteiger partial charge in [0.25, 0.3) is 0 Å². The molecule has 24 heavy (non-hydrogen) atoms. The Kier molecular flexibility index (Phi) is 6.16. The Bertz CT molecular complexity index is 580. The van der Waals surface area contributed by atoms with E-state index < -0.39 is 35.6 Å². The van der Waals surface area contributed by atoms with Gasteiger partial charge in [-0.15, -0.1) is 0 Å². The van der Waals surface area contributed by atoms with Gasteiger partial charge in [0.05, 0.1) is 0 Å². The molecule has 0 saturated carbocycles. The number of pyridine rings is 1. The Labute approximate surface area is 137 Å². The molecule has 1 aromatic rings. The minimum absolute atomic E-state index is 0.0123. The summed E-state index contributed by atoms with van der Waals surface area (Å²) in [5.41, 5.74) is -1.36. The molecular formula is C15H19F3N2O4. The molecule has 1 atom stereocenters. The number of halogens is 3. The third kappa shape index (κ3) is 6.84. The molecule has 1 amide bonds. The number of aryl methyl sites for hydroxylation is 1. The summed E-state index contributed by atoms with van der Waals surface area (Å²) < 4.78 is 42.2. The van der Waals surface area contributed by atoms with Crippen LogP contribution in [0.4, 0.5) is 18.0 Å². The number of ether oxygens (including phenoxy) is 1. The van der Waals surface area contributed by atoms with E-state index in [0.717, 1.165) is 12.3 Å². The van der Waals surface area contributed by atoms with Crippen LogP contribution in [0.1, 0.15) is 38.4 Å². The van der Waals surface area contributed by atoms with Crippen LogP contribution in [0.15, 0.2) is 18.3 Å². The van der Waals surface area contributed by atoms with Gasteiger partial charge in [0.1, 0.15) is 17.3 Å². The number of aliphatic carboxylic acids is 1. The van der Waals surface area contributed by atoms with Crippen molar-refractivity contribution in [3.05, 3.63) is 29.6 Å². The fraction of sp³-hybridized carbons (Fsp3) is 0.533. The van der Waals surface area contributed by atoms with Crippen molar-refractivity contribution >= 4 is 12.1 Å². The summed E-state index contributed by atoms with van der Waals surface area (Å²) in [7, 11) is 0. The molecule has 0 saturated heterocycles. The highest BCUT2D eigenvalue weighted by Crippen LogP contribution is 2.27. The molecule has 0 unspecified atom stereocenters. The first kappa shape index (κ1) is 19.7. The summed E-state index contributed by atoms with van der Waals surface area (Å²) in [6.45, 7) is 4.91. The lowest BCUT2D eigenvalue weighted by Crippen LogP contribution is -2.43. The molecular weight excluding hydrogens is 329 g/mol. The molecule has 0 spiro atoms. The first-order valence-electron chi connectivity index (χ1n) is 7.13. The summed E-state index contributed by atoms with van der Waals surface area (Å²) in [4.78, 5) is 26.1. The number of nitrogens with zero attached hydrogens (tertiary/aromatic N) is 1. The highest BCUT2D eigenvalue weighted by Gasteiger charge is 2.32. The van der Waals surface area contributed by atoms with Gasteiger partial charge in [0, 0.05) is 6.20 Å². The molecule has 2 N–H and O–H groups in total.